The summed E-state index contributed by atoms with van der Waals surface area (Å²) in [6, 6.07) is 0. The summed E-state index contributed by atoms with van der Waals surface area (Å²) in [5.74, 6) is -3.17. The molecule has 0 aliphatic heterocycles. The maximum atomic E-state index is 9.75. The predicted octanol–water partition coefficient (Wildman–Crippen LogP) is 1.93. The molecule has 120 valence electrons. The number of aliphatic hydroxyl groups is 1. The van der Waals surface area contributed by atoms with Crippen LogP contribution in [0.3, 0.4) is 0 Å². The summed E-state index contributed by atoms with van der Waals surface area (Å²) in [5.41, 5.74) is 3.47. The lowest BCUT2D eigenvalue weighted by Crippen LogP contribution is -2.22. The van der Waals surface area contributed by atoms with Gasteiger partial charge in [-0.1, -0.05) is 37.9 Å². The Bertz CT molecular complexity index is 358. The van der Waals surface area contributed by atoms with E-state index >= 15 is 0 Å². The zero-order valence-electron chi connectivity index (χ0n) is 11.6. The minimum absolute atomic E-state index is 0.329. The van der Waals surface area contributed by atoms with Gasteiger partial charge in [0.05, 0.1) is 12.7 Å². The van der Waals surface area contributed by atoms with Gasteiger partial charge in [-0.05, 0) is 5.54 Å². The summed E-state index contributed by atoms with van der Waals surface area (Å²) in [4.78, 5) is 29.2. The number of halogens is 1. The summed E-state index contributed by atoms with van der Waals surface area (Å²) < 4.78 is 4.17. The molecule has 1 unspecified atom stereocenters. The highest BCUT2D eigenvalue weighted by Gasteiger charge is 2.16. The quantitative estimate of drug-likeness (QED) is 0.410. The molecular formula is C13H19ClO7. The molecule has 0 spiro atoms. The van der Waals surface area contributed by atoms with Crippen LogP contribution < -0.4 is 0 Å². The zero-order valence-corrected chi connectivity index (χ0v) is 12.4. The van der Waals surface area contributed by atoms with E-state index in [0.717, 1.165) is 6.26 Å². The highest BCUT2D eigenvalue weighted by atomic mass is 35.5. The summed E-state index contributed by atoms with van der Waals surface area (Å²) in [5, 5.41) is 24.1. The Morgan fingerprint density at radius 1 is 1.29 bits per heavy atom. The molecule has 0 saturated carbocycles. The van der Waals surface area contributed by atoms with Gasteiger partial charge < -0.3 is 20.1 Å². The van der Waals surface area contributed by atoms with Crippen LogP contribution in [0.25, 0.3) is 0 Å². The van der Waals surface area contributed by atoms with Crippen LogP contribution in [0.5, 0.6) is 0 Å². The van der Waals surface area contributed by atoms with Gasteiger partial charge in [0.25, 0.3) is 0 Å². The first-order chi connectivity index (χ1) is 9.64. The minimum Gasteiger partial charge on any atom is -0.481 e. The third kappa shape index (κ3) is 57.7. The van der Waals surface area contributed by atoms with Crippen LogP contribution in [0.1, 0.15) is 13.3 Å². The SMILES string of the molecule is C=C=C.C=CCl.C=COC(C)=O.O=C(O)CC(O)C(=O)O. The Morgan fingerprint density at radius 3 is 1.67 bits per heavy atom. The molecular weight excluding hydrogens is 304 g/mol. The van der Waals surface area contributed by atoms with E-state index in [1.807, 2.05) is 0 Å². The van der Waals surface area contributed by atoms with Crippen molar-refractivity contribution in [1.82, 2.24) is 0 Å². The number of carboxylic acids is 2. The van der Waals surface area contributed by atoms with Crippen LogP contribution in [0.2, 0.25) is 0 Å². The van der Waals surface area contributed by atoms with Crippen LogP contribution in [-0.4, -0.2) is 39.3 Å². The van der Waals surface area contributed by atoms with Gasteiger partial charge >= 0.3 is 17.9 Å². The first kappa shape index (κ1) is 27.1. The topological polar surface area (TPSA) is 121 Å². The molecule has 21 heavy (non-hydrogen) atoms. The zero-order chi connectivity index (χ0) is 17.8. The summed E-state index contributed by atoms with van der Waals surface area (Å²) >= 11 is 4.76. The highest BCUT2D eigenvalue weighted by Crippen LogP contribution is 1.89. The maximum Gasteiger partial charge on any atom is 0.333 e. The van der Waals surface area contributed by atoms with Crippen molar-refractivity contribution in [3.63, 3.8) is 0 Å². The summed E-state index contributed by atoms with van der Waals surface area (Å²) in [6.07, 6.45) is -1.44. The number of carbonyl (C=O) groups excluding carboxylic acids is 1. The smallest absolute Gasteiger partial charge is 0.333 e. The van der Waals surface area contributed by atoms with E-state index < -0.39 is 24.5 Å². The Kier molecular flexibility index (Phi) is 29.4. The van der Waals surface area contributed by atoms with Crippen molar-refractivity contribution in [1.29, 1.82) is 0 Å². The number of aliphatic hydroxyl groups excluding tert-OH is 1. The largest absolute Gasteiger partial charge is 0.481 e. The van der Waals surface area contributed by atoms with Crippen molar-refractivity contribution in [3.8, 4) is 0 Å². The number of rotatable bonds is 4. The van der Waals surface area contributed by atoms with Crippen LogP contribution in [0, 0.1) is 0 Å². The number of hydrogen-bond donors (Lipinski definition) is 3. The molecule has 0 rings (SSSR count). The third-order valence-electron chi connectivity index (χ3n) is 0.902. The Hall–Kier alpha value is -2.34. The van der Waals surface area contributed by atoms with E-state index in [0.29, 0.717) is 0 Å². The molecule has 0 bridgehead atoms. The van der Waals surface area contributed by atoms with Crippen molar-refractivity contribution in [3.05, 3.63) is 43.8 Å². The maximum absolute atomic E-state index is 9.75. The van der Waals surface area contributed by atoms with E-state index in [2.05, 4.69) is 36.8 Å². The van der Waals surface area contributed by atoms with Crippen molar-refractivity contribution in [2.24, 2.45) is 0 Å². The molecule has 0 fully saturated rings. The average Bonchev–Trinajstić information content (AvgIpc) is 2.30. The second-order valence-corrected chi connectivity index (χ2v) is 2.94. The predicted molar refractivity (Wildman–Crippen MR) is 78.7 cm³/mol. The number of ether oxygens (including phenoxy) is 1. The van der Waals surface area contributed by atoms with Crippen molar-refractivity contribution in [2.45, 2.75) is 19.4 Å². The number of hydrogen-bond acceptors (Lipinski definition) is 5. The molecule has 7 nitrogen and oxygen atoms in total. The minimum atomic E-state index is -1.79. The van der Waals surface area contributed by atoms with Gasteiger partial charge in [-0.25, -0.2) is 4.79 Å². The van der Waals surface area contributed by atoms with Crippen LogP contribution in [-0.2, 0) is 19.1 Å². The number of carbonyl (C=O) groups is 3. The second-order valence-electron chi connectivity index (χ2n) is 2.63. The monoisotopic (exact) mass is 322 g/mol. The molecule has 0 aliphatic rings. The second kappa shape index (κ2) is 22.8. The normalized spacial score (nSPS) is 8.33. The molecule has 0 heterocycles. The molecule has 0 aromatic heterocycles. The van der Waals surface area contributed by atoms with E-state index in [9.17, 15) is 14.4 Å². The molecule has 0 aromatic rings. The standard InChI is InChI=1S/C4H6O5.C4H6O2.C3H4.C2H3Cl/c5-2(4(8)9)1-3(6)7;1-3-6-4(2)5;1-3-2;1-2-3/h2,5H,1H2,(H,6,7)(H,8,9);3H,1H2,2H3;1-2H2;2H,1H2. The lowest BCUT2D eigenvalue weighted by Gasteiger charge is -1.97. The third-order valence-corrected chi connectivity index (χ3v) is 0.902. The Labute approximate surface area is 128 Å². The fraction of sp³-hybridized carbons (Fsp3) is 0.231. The van der Waals surface area contributed by atoms with Gasteiger partial charge in [-0.2, -0.15) is 0 Å². The molecule has 0 radical (unpaired) electrons. The Balaban J connectivity index is -0.000000104. The van der Waals surface area contributed by atoms with Gasteiger partial charge in [0.1, 0.15) is 0 Å². The van der Waals surface area contributed by atoms with Gasteiger partial charge in [-0.15, -0.1) is 5.73 Å². The van der Waals surface area contributed by atoms with Crippen LogP contribution in [0.4, 0.5) is 0 Å². The van der Waals surface area contributed by atoms with Gasteiger partial charge in [-0.3, -0.25) is 9.59 Å². The lowest BCUT2D eigenvalue weighted by molar-refractivity contribution is -0.152. The molecule has 1 atom stereocenters. The van der Waals surface area contributed by atoms with E-state index in [-0.39, 0.29) is 5.97 Å². The molecule has 0 aromatic carbocycles. The molecule has 3 N–H and O–H groups in total. The fourth-order valence-corrected chi connectivity index (χ4v) is 0.370. The van der Waals surface area contributed by atoms with Gasteiger partial charge in [0.2, 0.25) is 0 Å². The van der Waals surface area contributed by atoms with Crippen molar-refractivity contribution >= 4 is 29.5 Å². The highest BCUT2D eigenvalue weighted by molar-refractivity contribution is 6.25. The number of carboxylic acid groups (broad SMARTS) is 2. The lowest BCUT2D eigenvalue weighted by atomic mass is 10.3. The Morgan fingerprint density at radius 2 is 1.62 bits per heavy atom. The number of esters is 1. The molecule has 8 heteroatoms. The van der Waals surface area contributed by atoms with Crippen LogP contribution in [0.15, 0.2) is 43.8 Å². The van der Waals surface area contributed by atoms with Crippen molar-refractivity contribution < 1.29 is 34.4 Å². The fourth-order valence-electron chi connectivity index (χ4n) is 0.370. The summed E-state index contributed by atoms with van der Waals surface area (Å²) in [7, 11) is 0. The molecule has 0 amide bonds. The summed E-state index contributed by atoms with van der Waals surface area (Å²) in [6.45, 7) is 13.9. The van der Waals surface area contributed by atoms with Gasteiger partial charge in [0, 0.05) is 6.92 Å². The van der Waals surface area contributed by atoms with Crippen LogP contribution >= 0.6 is 11.6 Å². The van der Waals surface area contributed by atoms with Crippen molar-refractivity contribution in [2.75, 3.05) is 0 Å². The first-order valence-electron chi connectivity index (χ1n) is 5.05. The average molecular weight is 323 g/mol. The van der Waals surface area contributed by atoms with Gasteiger partial charge in [0.15, 0.2) is 6.10 Å². The number of aliphatic carboxylic acids is 2. The molecule has 0 aliphatic carbocycles. The van der Waals surface area contributed by atoms with E-state index in [1.54, 1.807) is 0 Å². The van der Waals surface area contributed by atoms with E-state index in [4.69, 9.17) is 26.9 Å². The molecule has 0 saturated heterocycles. The van der Waals surface area contributed by atoms with E-state index in [1.165, 1.54) is 12.5 Å². The first-order valence-corrected chi connectivity index (χ1v) is 5.49.